The third kappa shape index (κ3) is 3.65. The second kappa shape index (κ2) is 6.02. The predicted octanol–water partition coefficient (Wildman–Crippen LogP) is 1.22. The number of hydrogen-bond donors (Lipinski definition) is 2. The van der Waals surface area contributed by atoms with Crippen LogP contribution in [0.25, 0.3) is 0 Å². The highest BCUT2D eigenvalue weighted by Crippen LogP contribution is 2.16. The van der Waals surface area contributed by atoms with Gasteiger partial charge in [0.2, 0.25) is 15.9 Å². The number of carbonyl (C=O) groups is 1. The number of nitrogens with two attached hydrogens (primary N) is 1. The molecule has 1 atom stereocenters. The fourth-order valence-corrected chi connectivity index (χ4v) is 3.05. The van der Waals surface area contributed by atoms with Crippen LogP contribution in [0.15, 0.2) is 53.7 Å². The van der Waals surface area contributed by atoms with Crippen molar-refractivity contribution in [3.63, 3.8) is 0 Å². The highest BCUT2D eigenvalue weighted by atomic mass is 32.2. The molecule has 0 unspecified atom stereocenters. The van der Waals surface area contributed by atoms with Crippen LogP contribution in [0.1, 0.15) is 28.9 Å². The largest absolute Gasteiger partial charge is 0.366 e. The lowest BCUT2D eigenvalue weighted by atomic mass is 10.1. The minimum atomic E-state index is -3.67. The molecule has 2 aromatic rings. The summed E-state index contributed by atoms with van der Waals surface area (Å²) in [6.07, 6.45) is 3.20. The second-order valence-corrected chi connectivity index (χ2v) is 6.23. The normalized spacial score (nSPS) is 12.8. The van der Waals surface area contributed by atoms with Crippen molar-refractivity contribution < 1.29 is 13.2 Å². The maximum absolute atomic E-state index is 12.3. The maximum Gasteiger partial charge on any atom is 0.248 e. The van der Waals surface area contributed by atoms with Gasteiger partial charge in [-0.05, 0) is 48.9 Å². The standard InChI is InChI=1S/C14H15N3O3S/c1-10(11-6-8-16-9-7-11)17-21(19,20)13-4-2-12(3-5-13)14(15)18/h2-10,17H,1H3,(H2,15,18)/t10-/m1/s1. The lowest BCUT2D eigenvalue weighted by Gasteiger charge is -2.14. The zero-order chi connectivity index (χ0) is 15.5. The van der Waals surface area contributed by atoms with Gasteiger partial charge in [0.25, 0.3) is 0 Å². The molecule has 110 valence electrons. The van der Waals surface area contributed by atoms with Crippen molar-refractivity contribution in [1.82, 2.24) is 9.71 Å². The first-order chi connectivity index (χ1) is 9.90. The number of nitrogens with zero attached hydrogens (tertiary/aromatic N) is 1. The molecule has 1 amide bonds. The summed E-state index contributed by atoms with van der Waals surface area (Å²) in [6, 6.07) is 8.55. The summed E-state index contributed by atoms with van der Waals surface area (Å²) < 4.78 is 27.1. The molecule has 0 radical (unpaired) electrons. The Morgan fingerprint density at radius 3 is 2.24 bits per heavy atom. The van der Waals surface area contributed by atoms with E-state index in [1.807, 2.05) is 0 Å². The Morgan fingerprint density at radius 2 is 1.71 bits per heavy atom. The topological polar surface area (TPSA) is 102 Å². The van der Waals surface area contributed by atoms with E-state index in [1.165, 1.54) is 24.3 Å². The van der Waals surface area contributed by atoms with Crippen LogP contribution in [-0.2, 0) is 10.0 Å². The number of nitrogens with one attached hydrogen (secondary N) is 1. The van der Waals surface area contributed by atoms with Gasteiger partial charge in [0, 0.05) is 24.0 Å². The number of hydrogen-bond acceptors (Lipinski definition) is 4. The molecule has 0 bridgehead atoms. The van der Waals surface area contributed by atoms with Crippen LogP contribution in [0.4, 0.5) is 0 Å². The lowest BCUT2D eigenvalue weighted by molar-refractivity contribution is 0.1000. The smallest absolute Gasteiger partial charge is 0.248 e. The van der Waals surface area contributed by atoms with E-state index in [-0.39, 0.29) is 10.5 Å². The van der Waals surface area contributed by atoms with Crippen molar-refractivity contribution >= 4 is 15.9 Å². The van der Waals surface area contributed by atoms with Crippen LogP contribution in [-0.4, -0.2) is 19.3 Å². The average molecular weight is 305 g/mol. The highest BCUT2D eigenvalue weighted by molar-refractivity contribution is 7.89. The number of aromatic nitrogens is 1. The molecule has 1 aromatic heterocycles. The van der Waals surface area contributed by atoms with E-state index in [2.05, 4.69) is 9.71 Å². The number of amides is 1. The number of primary amides is 1. The molecule has 6 nitrogen and oxygen atoms in total. The van der Waals surface area contributed by atoms with Crippen LogP contribution in [0.3, 0.4) is 0 Å². The molecule has 0 aliphatic heterocycles. The third-order valence-corrected chi connectivity index (χ3v) is 4.54. The van der Waals surface area contributed by atoms with Gasteiger partial charge in [-0.1, -0.05) is 0 Å². The Kier molecular flexibility index (Phi) is 4.35. The van der Waals surface area contributed by atoms with E-state index >= 15 is 0 Å². The van der Waals surface area contributed by atoms with Crippen molar-refractivity contribution in [3.05, 3.63) is 59.9 Å². The zero-order valence-corrected chi connectivity index (χ0v) is 12.2. The summed E-state index contributed by atoms with van der Waals surface area (Å²) in [5.74, 6) is -0.600. The predicted molar refractivity (Wildman–Crippen MR) is 77.9 cm³/mol. The third-order valence-electron chi connectivity index (χ3n) is 2.99. The van der Waals surface area contributed by atoms with Gasteiger partial charge in [0.05, 0.1) is 4.90 Å². The molecule has 7 heteroatoms. The molecule has 21 heavy (non-hydrogen) atoms. The summed E-state index contributed by atoms with van der Waals surface area (Å²) in [6.45, 7) is 1.74. The first kappa shape index (κ1) is 15.1. The van der Waals surface area contributed by atoms with Crippen LogP contribution < -0.4 is 10.5 Å². The fourth-order valence-electron chi connectivity index (χ4n) is 1.82. The van der Waals surface area contributed by atoms with E-state index in [4.69, 9.17) is 5.73 Å². The van der Waals surface area contributed by atoms with Gasteiger partial charge in [-0.3, -0.25) is 9.78 Å². The van der Waals surface area contributed by atoms with Gasteiger partial charge in [0.15, 0.2) is 0 Å². The molecule has 0 aliphatic carbocycles. The monoisotopic (exact) mass is 305 g/mol. The van der Waals surface area contributed by atoms with E-state index in [1.54, 1.807) is 31.5 Å². The molecule has 0 aliphatic rings. The van der Waals surface area contributed by atoms with E-state index in [9.17, 15) is 13.2 Å². The Morgan fingerprint density at radius 1 is 1.14 bits per heavy atom. The van der Waals surface area contributed by atoms with Gasteiger partial charge in [-0.2, -0.15) is 0 Å². The number of sulfonamides is 1. The molecular formula is C14H15N3O3S. The quantitative estimate of drug-likeness (QED) is 0.867. The van der Waals surface area contributed by atoms with Gasteiger partial charge in [-0.25, -0.2) is 13.1 Å². The first-order valence-corrected chi connectivity index (χ1v) is 7.70. The SMILES string of the molecule is C[C@@H](NS(=O)(=O)c1ccc(C(N)=O)cc1)c1ccncc1. The summed E-state index contributed by atoms with van der Waals surface area (Å²) in [5.41, 5.74) is 6.19. The molecule has 0 saturated carbocycles. The molecule has 0 fully saturated rings. The lowest BCUT2D eigenvalue weighted by Crippen LogP contribution is -2.27. The molecule has 1 aromatic carbocycles. The van der Waals surface area contributed by atoms with Crippen LogP contribution >= 0.6 is 0 Å². The highest BCUT2D eigenvalue weighted by Gasteiger charge is 2.18. The maximum atomic E-state index is 12.3. The Labute approximate surface area is 123 Å². The Balaban J connectivity index is 2.20. The minimum Gasteiger partial charge on any atom is -0.366 e. The van der Waals surface area contributed by atoms with Crippen molar-refractivity contribution in [2.45, 2.75) is 17.9 Å². The number of pyridine rings is 1. The fraction of sp³-hybridized carbons (Fsp3) is 0.143. The summed E-state index contributed by atoms with van der Waals surface area (Å²) in [7, 11) is -3.67. The Hall–Kier alpha value is -2.25. The summed E-state index contributed by atoms with van der Waals surface area (Å²) >= 11 is 0. The number of rotatable bonds is 5. The van der Waals surface area contributed by atoms with Gasteiger partial charge in [0.1, 0.15) is 0 Å². The molecule has 2 rings (SSSR count). The molecule has 0 saturated heterocycles. The van der Waals surface area contributed by atoms with Gasteiger partial charge >= 0.3 is 0 Å². The molecular weight excluding hydrogens is 290 g/mol. The van der Waals surface area contributed by atoms with Crippen molar-refractivity contribution in [2.24, 2.45) is 5.73 Å². The van der Waals surface area contributed by atoms with E-state index < -0.39 is 22.0 Å². The van der Waals surface area contributed by atoms with Crippen molar-refractivity contribution in [3.8, 4) is 0 Å². The minimum absolute atomic E-state index is 0.0772. The number of benzene rings is 1. The van der Waals surface area contributed by atoms with Crippen molar-refractivity contribution in [2.75, 3.05) is 0 Å². The first-order valence-electron chi connectivity index (χ1n) is 6.22. The summed E-state index contributed by atoms with van der Waals surface area (Å²) in [5, 5.41) is 0. The number of carbonyl (C=O) groups excluding carboxylic acids is 1. The van der Waals surface area contributed by atoms with Crippen molar-refractivity contribution in [1.29, 1.82) is 0 Å². The van der Waals surface area contributed by atoms with Crippen LogP contribution in [0.2, 0.25) is 0 Å². The average Bonchev–Trinajstić information content (AvgIpc) is 2.48. The van der Waals surface area contributed by atoms with E-state index in [0.717, 1.165) is 5.56 Å². The zero-order valence-electron chi connectivity index (χ0n) is 11.4. The Bertz CT molecular complexity index is 728. The molecule has 3 N–H and O–H groups in total. The summed E-state index contributed by atoms with van der Waals surface area (Å²) in [4.78, 5) is 14.9. The van der Waals surface area contributed by atoms with Gasteiger partial charge < -0.3 is 5.73 Å². The second-order valence-electron chi connectivity index (χ2n) is 4.51. The molecule has 1 heterocycles. The van der Waals surface area contributed by atoms with Gasteiger partial charge in [-0.15, -0.1) is 0 Å². The van der Waals surface area contributed by atoms with E-state index in [0.29, 0.717) is 0 Å². The van der Waals surface area contributed by atoms with Crippen LogP contribution in [0, 0.1) is 0 Å². The molecule has 0 spiro atoms. The van der Waals surface area contributed by atoms with Crippen LogP contribution in [0.5, 0.6) is 0 Å².